The first-order valence-electron chi connectivity index (χ1n) is 5.04. The second-order valence-corrected chi connectivity index (χ2v) is 3.70. The zero-order valence-electron chi connectivity index (χ0n) is 9.07. The molecule has 0 aliphatic carbocycles. The van der Waals surface area contributed by atoms with Gasteiger partial charge in [-0.15, -0.1) is 0 Å². The van der Waals surface area contributed by atoms with Crippen LogP contribution in [-0.4, -0.2) is 13.1 Å². The fraction of sp³-hybridized carbons (Fsp3) is 0.333. The zero-order chi connectivity index (χ0) is 12.0. The molecule has 0 saturated carbocycles. The van der Waals surface area contributed by atoms with Crippen LogP contribution in [0.25, 0.3) is 0 Å². The molecule has 1 rings (SSSR count). The molecule has 3 nitrogen and oxygen atoms in total. The van der Waals surface area contributed by atoms with E-state index in [9.17, 15) is 0 Å². The van der Waals surface area contributed by atoms with Gasteiger partial charge in [0.05, 0.1) is 23.7 Å². The van der Waals surface area contributed by atoms with E-state index in [-0.39, 0.29) is 0 Å². The lowest BCUT2D eigenvalue weighted by Crippen LogP contribution is -2.24. The predicted molar refractivity (Wildman–Crippen MR) is 64.3 cm³/mol. The van der Waals surface area contributed by atoms with Gasteiger partial charge in [0.2, 0.25) is 0 Å². The lowest BCUT2D eigenvalue weighted by molar-refractivity contribution is 0.826. The van der Waals surface area contributed by atoms with E-state index in [2.05, 4.69) is 12.1 Å². The quantitative estimate of drug-likeness (QED) is 0.804. The molecule has 1 aromatic carbocycles. The summed E-state index contributed by atoms with van der Waals surface area (Å²) in [4.78, 5) is 2.00. The Morgan fingerprint density at radius 1 is 1.38 bits per heavy atom. The molecule has 16 heavy (non-hydrogen) atoms. The highest BCUT2D eigenvalue weighted by atomic mass is 35.5. The van der Waals surface area contributed by atoms with Gasteiger partial charge in [-0.1, -0.05) is 11.6 Å². The summed E-state index contributed by atoms with van der Waals surface area (Å²) in [6, 6.07) is 9.44. The van der Waals surface area contributed by atoms with Crippen LogP contribution in [0, 0.1) is 22.7 Å². The van der Waals surface area contributed by atoms with E-state index in [1.807, 2.05) is 17.9 Å². The van der Waals surface area contributed by atoms with Gasteiger partial charge in [0, 0.05) is 18.1 Å². The summed E-state index contributed by atoms with van der Waals surface area (Å²) in [5.74, 6) is 0. The molecule has 0 N–H and O–H groups in total. The predicted octanol–water partition coefficient (Wildman–Crippen LogP) is 2.95. The third-order valence-corrected chi connectivity index (χ3v) is 2.53. The molecular formula is C12H12ClN3. The largest absolute Gasteiger partial charge is 0.370 e. The second kappa shape index (κ2) is 6.00. The maximum absolute atomic E-state index is 9.01. The summed E-state index contributed by atoms with van der Waals surface area (Å²) in [5.41, 5.74) is 1.39. The Labute approximate surface area is 100 Å². The van der Waals surface area contributed by atoms with Gasteiger partial charge < -0.3 is 4.90 Å². The molecular weight excluding hydrogens is 222 g/mol. The van der Waals surface area contributed by atoms with Crippen molar-refractivity contribution in [2.45, 2.75) is 13.3 Å². The summed E-state index contributed by atoms with van der Waals surface area (Å²) < 4.78 is 0. The Morgan fingerprint density at radius 2 is 2.12 bits per heavy atom. The molecule has 0 aliphatic rings. The average molecular weight is 234 g/mol. The van der Waals surface area contributed by atoms with Crippen LogP contribution in [0.15, 0.2) is 18.2 Å². The molecule has 0 bridgehead atoms. The highest BCUT2D eigenvalue weighted by Crippen LogP contribution is 2.23. The maximum atomic E-state index is 9.01. The van der Waals surface area contributed by atoms with Crippen molar-refractivity contribution >= 4 is 17.3 Å². The molecule has 0 radical (unpaired) electrons. The first-order valence-corrected chi connectivity index (χ1v) is 5.42. The van der Waals surface area contributed by atoms with E-state index in [1.165, 1.54) is 0 Å². The van der Waals surface area contributed by atoms with Gasteiger partial charge in [-0.2, -0.15) is 10.5 Å². The van der Waals surface area contributed by atoms with Crippen molar-refractivity contribution < 1.29 is 0 Å². The molecule has 82 valence electrons. The van der Waals surface area contributed by atoms with Crippen molar-refractivity contribution in [1.29, 1.82) is 10.5 Å². The first-order chi connectivity index (χ1) is 7.72. The molecule has 0 heterocycles. The third kappa shape index (κ3) is 2.89. The Hall–Kier alpha value is -1.71. The van der Waals surface area contributed by atoms with Crippen molar-refractivity contribution in [2.24, 2.45) is 0 Å². The van der Waals surface area contributed by atoms with Crippen LogP contribution < -0.4 is 4.90 Å². The number of hydrogen-bond acceptors (Lipinski definition) is 3. The number of halogens is 1. The summed E-state index contributed by atoms with van der Waals surface area (Å²) in [7, 11) is 0. The van der Waals surface area contributed by atoms with E-state index in [0.29, 0.717) is 23.6 Å². The number of rotatable bonds is 4. The van der Waals surface area contributed by atoms with Crippen LogP contribution in [0.5, 0.6) is 0 Å². The summed E-state index contributed by atoms with van der Waals surface area (Å²) in [6.45, 7) is 3.38. The minimum Gasteiger partial charge on any atom is -0.370 e. The topological polar surface area (TPSA) is 50.8 Å². The lowest BCUT2D eigenvalue weighted by atomic mass is 10.1. The monoisotopic (exact) mass is 233 g/mol. The second-order valence-electron chi connectivity index (χ2n) is 3.26. The van der Waals surface area contributed by atoms with E-state index in [4.69, 9.17) is 22.1 Å². The van der Waals surface area contributed by atoms with Gasteiger partial charge in [-0.3, -0.25) is 0 Å². The third-order valence-electron chi connectivity index (χ3n) is 2.29. The summed E-state index contributed by atoms with van der Waals surface area (Å²) in [6.07, 6.45) is 0.446. The Balaban J connectivity index is 3.01. The molecule has 0 aromatic heterocycles. The number of anilines is 1. The average Bonchev–Trinajstić information content (AvgIpc) is 2.31. The number of nitrogens with zero attached hydrogens (tertiary/aromatic N) is 3. The summed E-state index contributed by atoms with van der Waals surface area (Å²) >= 11 is 5.83. The van der Waals surface area contributed by atoms with E-state index >= 15 is 0 Å². The van der Waals surface area contributed by atoms with Crippen LogP contribution in [0.2, 0.25) is 5.02 Å². The molecule has 0 aliphatic heterocycles. The van der Waals surface area contributed by atoms with Gasteiger partial charge in [-0.25, -0.2) is 0 Å². The molecule has 0 saturated heterocycles. The number of benzene rings is 1. The molecule has 0 spiro atoms. The molecule has 0 unspecified atom stereocenters. The fourth-order valence-electron chi connectivity index (χ4n) is 1.51. The highest BCUT2D eigenvalue weighted by Gasteiger charge is 2.09. The first kappa shape index (κ1) is 12.4. The SMILES string of the molecule is CCN(CCC#N)c1ccc(Cl)cc1C#N. The smallest absolute Gasteiger partial charge is 0.101 e. The minimum atomic E-state index is 0.446. The van der Waals surface area contributed by atoms with Crippen molar-refractivity contribution in [3.63, 3.8) is 0 Å². The Morgan fingerprint density at radius 3 is 2.69 bits per heavy atom. The van der Waals surface area contributed by atoms with Crippen molar-refractivity contribution in [3.05, 3.63) is 28.8 Å². The normalized spacial score (nSPS) is 9.25. The van der Waals surface area contributed by atoms with Gasteiger partial charge in [-0.05, 0) is 25.1 Å². The van der Waals surface area contributed by atoms with Crippen LogP contribution in [0.3, 0.4) is 0 Å². The highest BCUT2D eigenvalue weighted by molar-refractivity contribution is 6.30. The van der Waals surface area contributed by atoms with Crippen LogP contribution in [0.1, 0.15) is 18.9 Å². The van der Waals surface area contributed by atoms with Crippen LogP contribution >= 0.6 is 11.6 Å². The molecule has 0 amide bonds. The lowest BCUT2D eigenvalue weighted by Gasteiger charge is -2.22. The van der Waals surface area contributed by atoms with Gasteiger partial charge in [0.15, 0.2) is 0 Å². The molecule has 0 fully saturated rings. The minimum absolute atomic E-state index is 0.446. The Bertz CT molecular complexity index is 443. The van der Waals surface area contributed by atoms with E-state index in [1.54, 1.807) is 12.1 Å². The number of hydrogen-bond donors (Lipinski definition) is 0. The number of nitriles is 2. The van der Waals surface area contributed by atoms with Crippen molar-refractivity contribution in [3.8, 4) is 12.1 Å². The van der Waals surface area contributed by atoms with E-state index in [0.717, 1.165) is 12.2 Å². The van der Waals surface area contributed by atoms with Crippen molar-refractivity contribution in [2.75, 3.05) is 18.0 Å². The van der Waals surface area contributed by atoms with E-state index < -0.39 is 0 Å². The molecule has 4 heteroatoms. The van der Waals surface area contributed by atoms with Crippen LogP contribution in [0.4, 0.5) is 5.69 Å². The van der Waals surface area contributed by atoms with Crippen LogP contribution in [-0.2, 0) is 0 Å². The maximum Gasteiger partial charge on any atom is 0.101 e. The fourth-order valence-corrected chi connectivity index (χ4v) is 1.68. The van der Waals surface area contributed by atoms with Gasteiger partial charge >= 0.3 is 0 Å². The van der Waals surface area contributed by atoms with Crippen molar-refractivity contribution in [1.82, 2.24) is 0 Å². The standard InChI is InChI=1S/C12H12ClN3/c1-2-16(7-3-6-14)12-5-4-11(13)8-10(12)9-15/h4-5,8H,2-3,7H2,1H3. The molecule has 1 aromatic rings. The molecule has 0 atom stereocenters. The Kier molecular flexibility index (Phi) is 4.64. The van der Waals surface area contributed by atoms with Gasteiger partial charge in [0.25, 0.3) is 0 Å². The summed E-state index contributed by atoms with van der Waals surface area (Å²) in [5, 5.41) is 18.1. The van der Waals surface area contributed by atoms with Gasteiger partial charge in [0.1, 0.15) is 6.07 Å². The zero-order valence-corrected chi connectivity index (χ0v) is 9.83.